The van der Waals surface area contributed by atoms with Crippen LogP contribution in [-0.2, 0) is 17.9 Å². The first-order chi connectivity index (χ1) is 13.8. The Morgan fingerprint density at radius 1 is 1.24 bits per heavy atom. The molecule has 29 heavy (non-hydrogen) atoms. The van der Waals surface area contributed by atoms with E-state index in [-0.39, 0.29) is 18.1 Å². The first-order valence-corrected chi connectivity index (χ1v) is 10.6. The molecular formula is C23H32N4O2. The molecule has 1 aliphatic carbocycles. The fraction of sp³-hybridized carbons (Fsp3) is 0.565. The van der Waals surface area contributed by atoms with Crippen molar-refractivity contribution >= 4 is 5.91 Å². The normalized spacial score (nSPS) is 24.3. The predicted octanol–water partition coefficient (Wildman–Crippen LogP) is 3.16. The van der Waals surface area contributed by atoms with Gasteiger partial charge in [0.1, 0.15) is 17.9 Å². The average molecular weight is 397 g/mol. The minimum Gasteiger partial charge on any atom is -0.485 e. The van der Waals surface area contributed by atoms with E-state index in [9.17, 15) is 4.79 Å². The molecule has 156 valence electrons. The molecule has 4 rings (SSSR count). The SMILES string of the molecule is Cc1cc(C)n(CC(=O)N2Cc3ccccc3OC3(CCC(N(C)C)CC3)C2)n1. The van der Waals surface area contributed by atoms with E-state index in [0.29, 0.717) is 19.1 Å². The molecule has 1 aromatic carbocycles. The minimum absolute atomic E-state index is 0.102. The molecule has 2 aliphatic rings. The van der Waals surface area contributed by atoms with Gasteiger partial charge >= 0.3 is 0 Å². The number of aryl methyl sites for hydroxylation is 2. The number of benzene rings is 1. The van der Waals surface area contributed by atoms with Gasteiger partial charge < -0.3 is 14.5 Å². The largest absolute Gasteiger partial charge is 0.485 e. The Labute approximate surface area is 173 Å². The monoisotopic (exact) mass is 396 g/mol. The summed E-state index contributed by atoms with van der Waals surface area (Å²) in [4.78, 5) is 17.6. The predicted molar refractivity (Wildman–Crippen MR) is 113 cm³/mol. The van der Waals surface area contributed by atoms with Crippen molar-refractivity contribution in [1.29, 1.82) is 0 Å². The molecule has 0 N–H and O–H groups in total. The van der Waals surface area contributed by atoms with Crippen LogP contribution in [0.3, 0.4) is 0 Å². The average Bonchev–Trinajstić information content (AvgIpc) is 2.90. The van der Waals surface area contributed by atoms with Crippen molar-refractivity contribution in [1.82, 2.24) is 19.6 Å². The van der Waals surface area contributed by atoms with Crippen LogP contribution >= 0.6 is 0 Å². The van der Waals surface area contributed by atoms with Crippen molar-refractivity contribution in [3.63, 3.8) is 0 Å². The lowest BCUT2D eigenvalue weighted by molar-refractivity contribution is -0.136. The van der Waals surface area contributed by atoms with Crippen LogP contribution in [0.5, 0.6) is 5.75 Å². The topological polar surface area (TPSA) is 50.6 Å². The van der Waals surface area contributed by atoms with Gasteiger partial charge in [-0.05, 0) is 65.8 Å². The number of amides is 1. The van der Waals surface area contributed by atoms with Crippen LogP contribution in [0.15, 0.2) is 30.3 Å². The first-order valence-electron chi connectivity index (χ1n) is 10.6. The standard InChI is InChI=1S/C23H32N4O2/c1-17-13-18(2)27(24-17)15-22(28)26-14-19-7-5-6-8-21(19)29-23(16-26)11-9-20(10-12-23)25(3)4/h5-8,13,20H,9-12,14-16H2,1-4H3. The van der Waals surface area contributed by atoms with Crippen molar-refractivity contribution in [2.24, 2.45) is 0 Å². The van der Waals surface area contributed by atoms with Crippen LogP contribution in [0.1, 0.15) is 42.6 Å². The number of aromatic nitrogens is 2. The summed E-state index contributed by atoms with van der Waals surface area (Å²) in [5.74, 6) is 1.03. The van der Waals surface area contributed by atoms with E-state index in [1.807, 2.05) is 47.7 Å². The van der Waals surface area contributed by atoms with E-state index in [1.165, 1.54) is 0 Å². The summed E-state index contributed by atoms with van der Waals surface area (Å²) in [6.07, 6.45) is 4.12. The van der Waals surface area contributed by atoms with E-state index in [2.05, 4.69) is 30.2 Å². The maximum Gasteiger partial charge on any atom is 0.244 e. The van der Waals surface area contributed by atoms with Crippen molar-refractivity contribution in [3.8, 4) is 5.75 Å². The van der Waals surface area contributed by atoms with Crippen LogP contribution < -0.4 is 4.74 Å². The summed E-state index contributed by atoms with van der Waals surface area (Å²) >= 11 is 0. The van der Waals surface area contributed by atoms with Crippen LogP contribution in [0.4, 0.5) is 0 Å². The summed E-state index contributed by atoms with van der Waals surface area (Å²) in [5, 5.41) is 4.48. The maximum atomic E-state index is 13.3. The molecule has 2 heterocycles. The molecule has 0 atom stereocenters. The molecule has 1 aromatic heterocycles. The van der Waals surface area contributed by atoms with Gasteiger partial charge in [0.05, 0.1) is 12.2 Å². The highest BCUT2D eigenvalue weighted by molar-refractivity contribution is 5.76. The Kier molecular flexibility index (Phi) is 5.38. The van der Waals surface area contributed by atoms with Gasteiger partial charge in [-0.2, -0.15) is 5.10 Å². The van der Waals surface area contributed by atoms with Crippen LogP contribution in [0.2, 0.25) is 0 Å². The van der Waals surface area contributed by atoms with E-state index in [4.69, 9.17) is 4.74 Å². The van der Waals surface area contributed by atoms with E-state index >= 15 is 0 Å². The van der Waals surface area contributed by atoms with E-state index < -0.39 is 0 Å². The molecule has 0 bridgehead atoms. The Hall–Kier alpha value is -2.34. The lowest BCUT2D eigenvalue weighted by Crippen LogP contribution is -2.52. The number of carbonyl (C=O) groups is 1. The number of rotatable bonds is 3. The lowest BCUT2D eigenvalue weighted by atomic mass is 9.81. The Balaban J connectivity index is 1.59. The minimum atomic E-state index is -0.302. The first kappa shape index (κ1) is 20.0. The Morgan fingerprint density at radius 3 is 2.62 bits per heavy atom. The second kappa shape index (κ2) is 7.82. The Bertz CT molecular complexity index is 881. The summed E-state index contributed by atoms with van der Waals surface area (Å²) in [5.41, 5.74) is 2.74. The summed E-state index contributed by atoms with van der Waals surface area (Å²) in [6, 6.07) is 10.8. The molecule has 6 nitrogen and oxygen atoms in total. The van der Waals surface area contributed by atoms with E-state index in [1.54, 1.807) is 0 Å². The third kappa shape index (κ3) is 4.17. The number of nitrogens with zero attached hydrogens (tertiary/aromatic N) is 4. The fourth-order valence-electron chi connectivity index (χ4n) is 4.75. The van der Waals surface area contributed by atoms with Crippen LogP contribution in [0, 0.1) is 13.8 Å². The van der Waals surface area contributed by atoms with Gasteiger partial charge in [0.25, 0.3) is 0 Å². The number of para-hydroxylation sites is 1. The third-order valence-corrected chi connectivity index (χ3v) is 6.48. The van der Waals surface area contributed by atoms with Gasteiger partial charge in [0.2, 0.25) is 5.91 Å². The molecule has 1 saturated carbocycles. The highest BCUT2D eigenvalue weighted by atomic mass is 16.5. The molecule has 1 spiro atoms. The molecule has 6 heteroatoms. The number of carbonyl (C=O) groups excluding carboxylic acids is 1. The van der Waals surface area contributed by atoms with Crippen molar-refractivity contribution < 1.29 is 9.53 Å². The highest BCUT2D eigenvalue weighted by Gasteiger charge is 2.42. The lowest BCUT2D eigenvalue weighted by Gasteiger charge is -2.43. The summed E-state index contributed by atoms with van der Waals surface area (Å²) in [7, 11) is 4.30. The number of fused-ring (bicyclic) bond motifs is 1. The van der Waals surface area contributed by atoms with E-state index in [0.717, 1.165) is 48.4 Å². The molecule has 0 unspecified atom stereocenters. The molecule has 1 fully saturated rings. The third-order valence-electron chi connectivity index (χ3n) is 6.48. The number of hydrogen-bond donors (Lipinski definition) is 0. The quantitative estimate of drug-likeness (QED) is 0.800. The molecule has 0 radical (unpaired) electrons. The smallest absolute Gasteiger partial charge is 0.244 e. The van der Waals surface area contributed by atoms with Crippen molar-refractivity contribution in [2.45, 2.75) is 64.3 Å². The highest BCUT2D eigenvalue weighted by Crippen LogP contribution is 2.39. The van der Waals surface area contributed by atoms with Gasteiger partial charge in [-0.15, -0.1) is 0 Å². The summed E-state index contributed by atoms with van der Waals surface area (Å²) < 4.78 is 8.45. The van der Waals surface area contributed by atoms with Gasteiger partial charge in [-0.25, -0.2) is 0 Å². The zero-order valence-electron chi connectivity index (χ0n) is 18.0. The zero-order chi connectivity index (χ0) is 20.6. The Morgan fingerprint density at radius 2 is 1.97 bits per heavy atom. The van der Waals surface area contributed by atoms with Crippen molar-refractivity contribution in [3.05, 3.63) is 47.3 Å². The van der Waals surface area contributed by atoms with Crippen LogP contribution in [-0.4, -0.2) is 57.8 Å². The van der Waals surface area contributed by atoms with Crippen molar-refractivity contribution in [2.75, 3.05) is 20.6 Å². The van der Waals surface area contributed by atoms with Gasteiger partial charge in [-0.1, -0.05) is 18.2 Å². The molecule has 2 aromatic rings. The maximum absolute atomic E-state index is 13.3. The van der Waals surface area contributed by atoms with Crippen LogP contribution in [0.25, 0.3) is 0 Å². The molecule has 0 saturated heterocycles. The molecular weight excluding hydrogens is 364 g/mol. The fourth-order valence-corrected chi connectivity index (χ4v) is 4.75. The van der Waals surface area contributed by atoms with Gasteiger partial charge in [-0.3, -0.25) is 9.48 Å². The zero-order valence-corrected chi connectivity index (χ0v) is 18.0. The second-order valence-corrected chi connectivity index (χ2v) is 8.92. The molecule has 1 aliphatic heterocycles. The van der Waals surface area contributed by atoms with Gasteiger partial charge in [0.15, 0.2) is 0 Å². The van der Waals surface area contributed by atoms with Gasteiger partial charge in [0, 0.05) is 23.8 Å². The second-order valence-electron chi connectivity index (χ2n) is 8.92. The summed E-state index contributed by atoms with van der Waals surface area (Å²) in [6.45, 7) is 5.46. The number of ether oxygens (including phenoxy) is 1. The number of hydrogen-bond acceptors (Lipinski definition) is 4. The molecule has 1 amide bonds.